The Hall–Kier alpha value is -3.42. The highest BCUT2D eigenvalue weighted by atomic mass is 16.5. The standard InChI is InChI=1S/C18H19N5O3/c1-11(2)25-14-6-4-13(5-7-14)21-18(24)15-9-16(20-10-19-15)22-17-8-12(3)26-23-17/h4-11H,1-3H3,(H,21,24)(H,19,20,22,23). The number of nitrogens with zero attached hydrogens (tertiary/aromatic N) is 3. The molecule has 0 unspecified atom stereocenters. The van der Waals surface area contributed by atoms with E-state index in [1.54, 1.807) is 37.3 Å². The van der Waals surface area contributed by atoms with Crippen molar-refractivity contribution in [2.75, 3.05) is 10.6 Å². The number of hydrogen-bond donors (Lipinski definition) is 2. The second-order valence-electron chi connectivity index (χ2n) is 5.88. The van der Waals surface area contributed by atoms with Gasteiger partial charge in [-0.15, -0.1) is 0 Å². The third-order valence-electron chi connectivity index (χ3n) is 3.27. The van der Waals surface area contributed by atoms with Crippen LogP contribution in [0.1, 0.15) is 30.1 Å². The van der Waals surface area contributed by atoms with Crippen molar-refractivity contribution in [3.63, 3.8) is 0 Å². The van der Waals surface area contributed by atoms with Crippen LogP contribution in [0.15, 0.2) is 47.2 Å². The largest absolute Gasteiger partial charge is 0.491 e. The fourth-order valence-electron chi connectivity index (χ4n) is 2.19. The van der Waals surface area contributed by atoms with Crippen LogP contribution in [0.4, 0.5) is 17.3 Å². The Bertz CT molecular complexity index is 890. The van der Waals surface area contributed by atoms with Crippen LogP contribution in [0, 0.1) is 6.92 Å². The van der Waals surface area contributed by atoms with Crippen molar-refractivity contribution in [1.29, 1.82) is 0 Å². The number of aryl methyl sites for hydroxylation is 1. The highest BCUT2D eigenvalue weighted by Crippen LogP contribution is 2.18. The average Bonchev–Trinajstić information content (AvgIpc) is 3.01. The van der Waals surface area contributed by atoms with E-state index < -0.39 is 0 Å². The van der Waals surface area contributed by atoms with Crippen molar-refractivity contribution in [3.8, 4) is 5.75 Å². The summed E-state index contributed by atoms with van der Waals surface area (Å²) in [7, 11) is 0. The molecule has 0 saturated carbocycles. The Balaban J connectivity index is 1.66. The minimum absolute atomic E-state index is 0.0934. The van der Waals surface area contributed by atoms with Gasteiger partial charge in [0.15, 0.2) is 5.82 Å². The normalized spacial score (nSPS) is 10.6. The van der Waals surface area contributed by atoms with Gasteiger partial charge in [-0.3, -0.25) is 4.79 Å². The SMILES string of the molecule is Cc1cc(Nc2cc(C(=O)Nc3ccc(OC(C)C)cc3)ncn2)no1. The first-order valence-electron chi connectivity index (χ1n) is 8.10. The lowest BCUT2D eigenvalue weighted by molar-refractivity contribution is 0.102. The number of nitrogens with one attached hydrogen (secondary N) is 2. The van der Waals surface area contributed by atoms with Crippen molar-refractivity contribution in [2.24, 2.45) is 0 Å². The summed E-state index contributed by atoms with van der Waals surface area (Å²) in [6, 6.07) is 10.4. The number of carbonyl (C=O) groups is 1. The van der Waals surface area contributed by atoms with Gasteiger partial charge in [-0.2, -0.15) is 0 Å². The van der Waals surface area contributed by atoms with Gasteiger partial charge >= 0.3 is 0 Å². The molecular formula is C18H19N5O3. The molecule has 0 aliphatic rings. The van der Waals surface area contributed by atoms with E-state index >= 15 is 0 Å². The van der Waals surface area contributed by atoms with Crippen LogP contribution in [0.5, 0.6) is 5.75 Å². The molecule has 3 aromatic rings. The number of anilines is 3. The first-order valence-corrected chi connectivity index (χ1v) is 8.10. The van der Waals surface area contributed by atoms with Crippen LogP contribution >= 0.6 is 0 Å². The smallest absolute Gasteiger partial charge is 0.274 e. The summed E-state index contributed by atoms with van der Waals surface area (Å²) in [4.78, 5) is 20.5. The maximum atomic E-state index is 12.4. The van der Waals surface area contributed by atoms with Crippen LogP contribution in [0.25, 0.3) is 0 Å². The third kappa shape index (κ3) is 4.56. The van der Waals surface area contributed by atoms with Crippen LogP contribution in [-0.4, -0.2) is 27.1 Å². The minimum Gasteiger partial charge on any atom is -0.491 e. The Labute approximate surface area is 150 Å². The molecule has 1 aromatic carbocycles. The lowest BCUT2D eigenvalue weighted by Gasteiger charge is -2.10. The molecule has 8 heteroatoms. The Kier molecular flexibility index (Phi) is 5.12. The molecule has 0 bridgehead atoms. The minimum atomic E-state index is -0.343. The molecule has 26 heavy (non-hydrogen) atoms. The molecule has 8 nitrogen and oxygen atoms in total. The predicted octanol–water partition coefficient (Wildman–Crippen LogP) is 3.56. The monoisotopic (exact) mass is 353 g/mol. The van der Waals surface area contributed by atoms with Crippen molar-refractivity contribution in [3.05, 3.63) is 54.2 Å². The summed E-state index contributed by atoms with van der Waals surface area (Å²) in [5.74, 6) is 2.02. The van der Waals surface area contributed by atoms with E-state index in [9.17, 15) is 4.79 Å². The fourth-order valence-corrected chi connectivity index (χ4v) is 2.19. The van der Waals surface area contributed by atoms with E-state index in [0.29, 0.717) is 23.1 Å². The predicted molar refractivity (Wildman–Crippen MR) is 96.7 cm³/mol. The van der Waals surface area contributed by atoms with Gasteiger partial charge in [0.1, 0.15) is 29.3 Å². The van der Waals surface area contributed by atoms with Crippen molar-refractivity contribution in [1.82, 2.24) is 15.1 Å². The van der Waals surface area contributed by atoms with Crippen molar-refractivity contribution >= 4 is 23.2 Å². The third-order valence-corrected chi connectivity index (χ3v) is 3.27. The molecule has 2 heterocycles. The Morgan fingerprint density at radius 1 is 1.12 bits per heavy atom. The molecule has 0 spiro atoms. The zero-order valence-corrected chi connectivity index (χ0v) is 14.7. The quantitative estimate of drug-likeness (QED) is 0.698. The van der Waals surface area contributed by atoms with Crippen molar-refractivity contribution in [2.45, 2.75) is 26.9 Å². The molecule has 0 atom stereocenters. The number of aromatic nitrogens is 3. The first kappa shape index (κ1) is 17.4. The fraction of sp³-hybridized carbons (Fsp3) is 0.222. The lowest BCUT2D eigenvalue weighted by atomic mass is 10.2. The topological polar surface area (TPSA) is 102 Å². The highest BCUT2D eigenvalue weighted by molar-refractivity contribution is 6.03. The van der Waals surface area contributed by atoms with Crippen molar-refractivity contribution < 1.29 is 14.1 Å². The van der Waals surface area contributed by atoms with Gasteiger partial charge in [0.25, 0.3) is 5.91 Å². The summed E-state index contributed by atoms with van der Waals surface area (Å²) in [5, 5.41) is 9.57. The molecule has 0 saturated heterocycles. The van der Waals surface area contributed by atoms with E-state index in [-0.39, 0.29) is 17.7 Å². The second-order valence-corrected chi connectivity index (χ2v) is 5.88. The van der Waals surface area contributed by atoms with Gasteiger partial charge < -0.3 is 19.9 Å². The molecule has 0 aliphatic heterocycles. The second kappa shape index (κ2) is 7.64. The zero-order valence-electron chi connectivity index (χ0n) is 14.7. The average molecular weight is 353 g/mol. The molecule has 0 aliphatic carbocycles. The molecule has 134 valence electrons. The zero-order chi connectivity index (χ0) is 18.5. The number of rotatable bonds is 6. The summed E-state index contributed by atoms with van der Waals surface area (Å²) in [6.07, 6.45) is 1.40. The maximum absolute atomic E-state index is 12.4. The van der Waals surface area contributed by atoms with Crippen LogP contribution in [0.3, 0.4) is 0 Å². The van der Waals surface area contributed by atoms with E-state index in [1.807, 2.05) is 13.8 Å². The number of carbonyl (C=O) groups excluding carboxylic acids is 1. The number of hydrogen-bond acceptors (Lipinski definition) is 7. The van der Waals surface area contributed by atoms with E-state index in [0.717, 1.165) is 5.75 Å². The molecule has 0 radical (unpaired) electrons. The Morgan fingerprint density at radius 3 is 2.54 bits per heavy atom. The lowest BCUT2D eigenvalue weighted by Crippen LogP contribution is -2.14. The summed E-state index contributed by atoms with van der Waals surface area (Å²) >= 11 is 0. The summed E-state index contributed by atoms with van der Waals surface area (Å²) in [6.45, 7) is 5.70. The Morgan fingerprint density at radius 2 is 1.88 bits per heavy atom. The molecule has 1 amide bonds. The van der Waals surface area contributed by atoms with Gasteiger partial charge in [-0.1, -0.05) is 5.16 Å². The summed E-state index contributed by atoms with van der Waals surface area (Å²) < 4.78 is 10.6. The van der Waals surface area contributed by atoms with Crippen LogP contribution in [0.2, 0.25) is 0 Å². The van der Waals surface area contributed by atoms with Crippen LogP contribution < -0.4 is 15.4 Å². The number of benzene rings is 1. The first-order chi connectivity index (χ1) is 12.5. The summed E-state index contributed by atoms with van der Waals surface area (Å²) in [5.41, 5.74) is 0.872. The van der Waals surface area contributed by atoms with E-state index in [4.69, 9.17) is 9.26 Å². The van der Waals surface area contributed by atoms with Gasteiger partial charge in [0.05, 0.1) is 6.10 Å². The van der Waals surface area contributed by atoms with Gasteiger partial charge in [-0.05, 0) is 45.0 Å². The van der Waals surface area contributed by atoms with Gasteiger partial charge in [0.2, 0.25) is 0 Å². The molecule has 3 rings (SSSR count). The van der Waals surface area contributed by atoms with Crippen LogP contribution in [-0.2, 0) is 0 Å². The molecular weight excluding hydrogens is 334 g/mol. The van der Waals surface area contributed by atoms with Gasteiger partial charge in [-0.25, -0.2) is 9.97 Å². The molecule has 0 fully saturated rings. The highest BCUT2D eigenvalue weighted by Gasteiger charge is 2.10. The van der Waals surface area contributed by atoms with E-state index in [1.165, 1.54) is 12.4 Å². The maximum Gasteiger partial charge on any atom is 0.274 e. The number of ether oxygens (including phenoxy) is 1. The number of amides is 1. The van der Waals surface area contributed by atoms with Gasteiger partial charge in [0, 0.05) is 17.8 Å². The molecule has 2 N–H and O–H groups in total. The van der Waals surface area contributed by atoms with E-state index in [2.05, 4.69) is 25.8 Å². The molecule has 2 aromatic heterocycles.